The lowest BCUT2D eigenvalue weighted by Gasteiger charge is -2.10. The fourth-order valence-electron chi connectivity index (χ4n) is 1.16. The summed E-state index contributed by atoms with van der Waals surface area (Å²) in [7, 11) is 1.65. The van der Waals surface area contributed by atoms with Gasteiger partial charge in [-0.2, -0.15) is 0 Å². The first kappa shape index (κ1) is 12.0. The molecule has 0 unspecified atom stereocenters. The van der Waals surface area contributed by atoms with Crippen LogP contribution >= 0.6 is 15.9 Å². The number of aryl methyl sites for hydroxylation is 1. The van der Waals surface area contributed by atoms with Crippen LogP contribution in [0.5, 0.6) is 0 Å². The summed E-state index contributed by atoms with van der Waals surface area (Å²) in [5, 5.41) is 2.61. The maximum absolute atomic E-state index is 11.7. The summed E-state index contributed by atoms with van der Waals surface area (Å²) in [6.07, 6.45) is 2.04. The van der Waals surface area contributed by atoms with Gasteiger partial charge in [-0.1, -0.05) is 6.92 Å². The number of rotatable bonds is 2. The van der Waals surface area contributed by atoms with Crippen molar-refractivity contribution in [1.29, 1.82) is 0 Å². The maximum Gasteiger partial charge on any atom is 0.274 e. The molecule has 1 rings (SSSR count). The van der Waals surface area contributed by atoms with E-state index in [1.807, 2.05) is 0 Å². The number of anilines is 1. The third-order valence-corrected chi connectivity index (χ3v) is 2.96. The van der Waals surface area contributed by atoms with E-state index in [0.717, 1.165) is 10.0 Å². The Balaban J connectivity index is 3.27. The van der Waals surface area contributed by atoms with Crippen LogP contribution in [0, 0.1) is 6.92 Å². The van der Waals surface area contributed by atoms with Gasteiger partial charge in [0, 0.05) is 24.1 Å². The Bertz CT molecular complexity index is 451. The normalized spacial score (nSPS) is 10.1. The van der Waals surface area contributed by atoms with Crippen molar-refractivity contribution in [2.45, 2.75) is 20.3 Å². The molecular weight excluding hydrogens is 260 g/mol. The summed E-state index contributed by atoms with van der Waals surface area (Å²) in [4.78, 5) is 23.0. The molecule has 0 radical (unpaired) electrons. The highest BCUT2D eigenvalue weighted by Gasteiger charge is 2.11. The van der Waals surface area contributed by atoms with Gasteiger partial charge in [0.15, 0.2) is 0 Å². The standard InChI is InChI=1S/C10H13BrN2O2/c1-4-8(14)12-9-6(2)7(11)5-13(3)10(9)15/h5H,4H2,1-3H3,(H,12,14). The molecular formula is C10H13BrN2O2. The number of nitrogens with zero attached hydrogens (tertiary/aromatic N) is 1. The molecule has 0 spiro atoms. The lowest BCUT2D eigenvalue weighted by Crippen LogP contribution is -2.25. The van der Waals surface area contributed by atoms with Crippen LogP contribution in [0.25, 0.3) is 0 Å². The zero-order chi connectivity index (χ0) is 11.6. The fourth-order valence-corrected chi connectivity index (χ4v) is 1.66. The highest BCUT2D eigenvalue weighted by molar-refractivity contribution is 9.10. The van der Waals surface area contributed by atoms with E-state index in [2.05, 4.69) is 21.2 Å². The number of pyridine rings is 1. The van der Waals surface area contributed by atoms with E-state index in [1.165, 1.54) is 4.57 Å². The average molecular weight is 273 g/mol. The van der Waals surface area contributed by atoms with Gasteiger partial charge >= 0.3 is 0 Å². The van der Waals surface area contributed by atoms with Crippen LogP contribution in [-0.4, -0.2) is 10.5 Å². The molecule has 5 heteroatoms. The van der Waals surface area contributed by atoms with Gasteiger partial charge in [-0.3, -0.25) is 9.59 Å². The summed E-state index contributed by atoms with van der Waals surface area (Å²) < 4.78 is 2.23. The Labute approximate surface area is 96.4 Å². The molecule has 0 saturated heterocycles. The number of carbonyl (C=O) groups is 1. The number of halogens is 1. The quantitative estimate of drug-likeness (QED) is 0.893. The highest BCUT2D eigenvalue weighted by Crippen LogP contribution is 2.19. The molecule has 0 aromatic carbocycles. The molecule has 1 aromatic heterocycles. The first-order valence-corrected chi connectivity index (χ1v) is 5.42. The Morgan fingerprint density at radius 2 is 2.20 bits per heavy atom. The van der Waals surface area contributed by atoms with E-state index < -0.39 is 0 Å². The van der Waals surface area contributed by atoms with E-state index in [-0.39, 0.29) is 11.5 Å². The number of nitrogens with one attached hydrogen (secondary N) is 1. The van der Waals surface area contributed by atoms with Crippen LogP contribution < -0.4 is 10.9 Å². The minimum Gasteiger partial charge on any atom is -0.321 e. The molecule has 1 heterocycles. The van der Waals surface area contributed by atoms with Gasteiger partial charge in [0.25, 0.3) is 5.56 Å². The summed E-state index contributed by atoms with van der Waals surface area (Å²) in [5.41, 5.74) is 0.899. The van der Waals surface area contributed by atoms with Gasteiger partial charge in [0.1, 0.15) is 5.69 Å². The molecule has 0 aliphatic carbocycles. The molecule has 15 heavy (non-hydrogen) atoms. The lowest BCUT2D eigenvalue weighted by atomic mass is 10.2. The van der Waals surface area contributed by atoms with Crippen LogP contribution in [0.3, 0.4) is 0 Å². The Kier molecular flexibility index (Phi) is 3.68. The van der Waals surface area contributed by atoms with E-state index >= 15 is 0 Å². The summed E-state index contributed by atoms with van der Waals surface area (Å²) in [5.74, 6) is -0.159. The van der Waals surface area contributed by atoms with Crippen LogP contribution in [0.2, 0.25) is 0 Å². The summed E-state index contributed by atoms with van der Waals surface area (Å²) in [6.45, 7) is 3.53. The van der Waals surface area contributed by atoms with Gasteiger partial charge in [-0.05, 0) is 28.4 Å². The fraction of sp³-hybridized carbons (Fsp3) is 0.400. The Morgan fingerprint density at radius 1 is 1.60 bits per heavy atom. The van der Waals surface area contributed by atoms with Crippen molar-refractivity contribution in [3.8, 4) is 0 Å². The smallest absolute Gasteiger partial charge is 0.274 e. The molecule has 1 amide bonds. The number of aromatic nitrogens is 1. The second-order valence-corrected chi connectivity index (χ2v) is 4.15. The number of amides is 1. The molecule has 0 aliphatic rings. The van der Waals surface area contributed by atoms with E-state index in [4.69, 9.17) is 0 Å². The minimum atomic E-state index is -0.197. The van der Waals surface area contributed by atoms with Gasteiger partial charge in [0.05, 0.1) is 0 Å². The predicted molar refractivity (Wildman–Crippen MR) is 63.0 cm³/mol. The molecule has 1 aromatic rings. The monoisotopic (exact) mass is 272 g/mol. The van der Waals surface area contributed by atoms with Crippen LogP contribution in [-0.2, 0) is 11.8 Å². The maximum atomic E-state index is 11.7. The van der Waals surface area contributed by atoms with Crippen molar-refractivity contribution in [2.24, 2.45) is 7.05 Å². The van der Waals surface area contributed by atoms with Crippen LogP contribution in [0.1, 0.15) is 18.9 Å². The average Bonchev–Trinajstić information content (AvgIpc) is 2.21. The third-order valence-electron chi connectivity index (χ3n) is 2.16. The number of hydrogen-bond donors (Lipinski definition) is 1. The SMILES string of the molecule is CCC(=O)Nc1c(C)c(Br)cn(C)c1=O. The van der Waals surface area contributed by atoms with E-state index in [1.54, 1.807) is 27.1 Å². The molecule has 0 saturated carbocycles. The van der Waals surface area contributed by atoms with Gasteiger partial charge in [0.2, 0.25) is 5.91 Å². The zero-order valence-corrected chi connectivity index (χ0v) is 10.5. The van der Waals surface area contributed by atoms with Crippen LogP contribution in [0.4, 0.5) is 5.69 Å². The highest BCUT2D eigenvalue weighted by atomic mass is 79.9. The molecule has 0 bridgehead atoms. The molecule has 4 nitrogen and oxygen atoms in total. The van der Waals surface area contributed by atoms with Crippen molar-refractivity contribution >= 4 is 27.5 Å². The lowest BCUT2D eigenvalue weighted by molar-refractivity contribution is -0.115. The van der Waals surface area contributed by atoms with E-state index in [0.29, 0.717) is 12.1 Å². The first-order valence-electron chi connectivity index (χ1n) is 4.63. The molecule has 0 atom stereocenters. The van der Waals surface area contributed by atoms with Crippen molar-refractivity contribution < 1.29 is 4.79 Å². The van der Waals surface area contributed by atoms with Gasteiger partial charge in [-0.25, -0.2) is 0 Å². The number of carbonyl (C=O) groups excluding carboxylic acids is 1. The molecule has 0 fully saturated rings. The van der Waals surface area contributed by atoms with Gasteiger partial charge in [-0.15, -0.1) is 0 Å². The minimum absolute atomic E-state index is 0.159. The Hall–Kier alpha value is -1.10. The zero-order valence-electron chi connectivity index (χ0n) is 8.93. The van der Waals surface area contributed by atoms with Gasteiger partial charge < -0.3 is 9.88 Å². The Morgan fingerprint density at radius 3 is 2.73 bits per heavy atom. The summed E-state index contributed by atoms with van der Waals surface area (Å²) >= 11 is 3.33. The summed E-state index contributed by atoms with van der Waals surface area (Å²) in [6, 6.07) is 0. The van der Waals surface area contributed by atoms with E-state index in [9.17, 15) is 9.59 Å². The predicted octanol–water partition coefficient (Wildman–Crippen LogP) is 1.80. The largest absolute Gasteiger partial charge is 0.321 e. The van der Waals surface area contributed by atoms with Crippen molar-refractivity contribution in [1.82, 2.24) is 4.57 Å². The second-order valence-electron chi connectivity index (χ2n) is 3.29. The van der Waals surface area contributed by atoms with Crippen molar-refractivity contribution in [2.75, 3.05) is 5.32 Å². The van der Waals surface area contributed by atoms with Crippen LogP contribution in [0.15, 0.2) is 15.5 Å². The molecule has 0 aliphatic heterocycles. The van der Waals surface area contributed by atoms with Crippen molar-refractivity contribution in [3.05, 3.63) is 26.6 Å². The second kappa shape index (κ2) is 4.61. The van der Waals surface area contributed by atoms with Crippen molar-refractivity contribution in [3.63, 3.8) is 0 Å². The molecule has 1 N–H and O–H groups in total. The number of hydrogen-bond acceptors (Lipinski definition) is 2. The topological polar surface area (TPSA) is 51.1 Å². The molecule has 82 valence electrons. The third kappa shape index (κ3) is 2.47. The first-order chi connectivity index (χ1) is 6.97.